The molecule has 1 aromatic heterocycles. The lowest BCUT2D eigenvalue weighted by atomic mass is 10.1. The van der Waals surface area contributed by atoms with Crippen molar-refractivity contribution in [3.63, 3.8) is 0 Å². The molecule has 2 N–H and O–H groups in total. The van der Waals surface area contributed by atoms with Crippen LogP contribution in [0.5, 0.6) is 0 Å². The van der Waals surface area contributed by atoms with E-state index in [1.807, 2.05) is 33.1 Å². The van der Waals surface area contributed by atoms with Crippen LogP contribution in [0, 0.1) is 0 Å². The van der Waals surface area contributed by atoms with Crippen molar-refractivity contribution in [3.8, 4) is 0 Å². The van der Waals surface area contributed by atoms with Crippen molar-refractivity contribution < 1.29 is 8.42 Å². The van der Waals surface area contributed by atoms with Gasteiger partial charge in [-0.05, 0) is 38.8 Å². The molecule has 0 amide bonds. The van der Waals surface area contributed by atoms with Crippen LogP contribution in [-0.4, -0.2) is 20.5 Å². The molecule has 0 aliphatic heterocycles. The number of thiophene rings is 1. The summed E-state index contributed by atoms with van der Waals surface area (Å²) in [6.07, 6.45) is 0. The first-order valence-electron chi connectivity index (χ1n) is 5.57. The molecular weight excluding hydrogens is 256 g/mol. The van der Waals surface area contributed by atoms with Gasteiger partial charge in [0.05, 0.1) is 4.90 Å². The van der Waals surface area contributed by atoms with E-state index in [9.17, 15) is 8.42 Å². The Labute approximate surface area is 107 Å². The molecule has 0 aliphatic rings. The van der Waals surface area contributed by atoms with Gasteiger partial charge in [-0.3, -0.25) is 0 Å². The quantitative estimate of drug-likeness (QED) is 0.864. The van der Waals surface area contributed by atoms with Crippen LogP contribution >= 0.6 is 11.3 Å². The second kappa shape index (κ2) is 5.48. The number of hydrogen-bond acceptors (Lipinski definition) is 4. The lowest BCUT2D eigenvalue weighted by Gasteiger charge is -2.20. The van der Waals surface area contributed by atoms with Crippen LogP contribution in [0.2, 0.25) is 0 Å². The van der Waals surface area contributed by atoms with E-state index in [4.69, 9.17) is 0 Å². The van der Waals surface area contributed by atoms with Gasteiger partial charge in [0.15, 0.2) is 0 Å². The molecule has 6 heteroatoms. The number of sulfonamides is 1. The zero-order valence-electron chi connectivity index (χ0n) is 10.7. The molecule has 1 heterocycles. The lowest BCUT2D eigenvalue weighted by Crippen LogP contribution is -2.40. The Hall–Kier alpha value is -0.430. The third kappa shape index (κ3) is 4.39. The number of hydrogen-bond donors (Lipinski definition) is 2. The maximum atomic E-state index is 12.2. The summed E-state index contributed by atoms with van der Waals surface area (Å²) in [6, 6.07) is 1.66. The minimum absolute atomic E-state index is 0.387. The van der Waals surface area contributed by atoms with E-state index < -0.39 is 15.6 Å². The van der Waals surface area contributed by atoms with Gasteiger partial charge in [0.25, 0.3) is 0 Å². The van der Waals surface area contributed by atoms with Gasteiger partial charge in [-0.25, -0.2) is 13.1 Å². The molecule has 17 heavy (non-hydrogen) atoms. The predicted molar refractivity (Wildman–Crippen MR) is 71.8 cm³/mol. The van der Waals surface area contributed by atoms with E-state index in [0.29, 0.717) is 11.4 Å². The molecule has 0 saturated carbocycles. The first-order chi connectivity index (χ1) is 7.76. The topological polar surface area (TPSA) is 58.2 Å². The average Bonchev–Trinajstić information content (AvgIpc) is 2.59. The Morgan fingerprint density at radius 3 is 2.53 bits per heavy atom. The average molecular weight is 276 g/mol. The molecule has 4 nitrogen and oxygen atoms in total. The third-order valence-electron chi connectivity index (χ3n) is 1.97. The zero-order chi connectivity index (χ0) is 13.1. The van der Waals surface area contributed by atoms with E-state index in [-0.39, 0.29) is 0 Å². The number of rotatable bonds is 5. The molecule has 1 rings (SSSR count). The van der Waals surface area contributed by atoms with Crippen molar-refractivity contribution in [2.24, 2.45) is 0 Å². The molecule has 0 atom stereocenters. The molecule has 0 unspecified atom stereocenters. The highest BCUT2D eigenvalue weighted by Crippen LogP contribution is 2.23. The summed E-state index contributed by atoms with van der Waals surface area (Å²) in [5.41, 5.74) is -0.462. The van der Waals surface area contributed by atoms with Crippen molar-refractivity contribution in [1.82, 2.24) is 10.0 Å². The van der Waals surface area contributed by atoms with E-state index in [2.05, 4.69) is 10.0 Å². The van der Waals surface area contributed by atoms with Crippen LogP contribution < -0.4 is 10.0 Å². The van der Waals surface area contributed by atoms with Crippen molar-refractivity contribution in [2.75, 3.05) is 6.54 Å². The van der Waals surface area contributed by atoms with Crippen molar-refractivity contribution >= 4 is 21.4 Å². The monoisotopic (exact) mass is 276 g/mol. The fraction of sp³-hybridized carbons (Fsp3) is 0.636. The summed E-state index contributed by atoms with van der Waals surface area (Å²) in [5, 5.41) is 4.95. The summed E-state index contributed by atoms with van der Waals surface area (Å²) in [5.74, 6) is 0. The van der Waals surface area contributed by atoms with Gasteiger partial charge in [-0.2, -0.15) is 0 Å². The summed E-state index contributed by atoms with van der Waals surface area (Å²) in [4.78, 5) is 1.24. The fourth-order valence-electron chi connectivity index (χ4n) is 1.39. The van der Waals surface area contributed by atoms with E-state index in [0.717, 1.165) is 11.4 Å². The third-order valence-corrected chi connectivity index (χ3v) is 4.86. The maximum absolute atomic E-state index is 12.2. The standard InChI is InChI=1S/C11H20N2O2S2/c1-5-12-8-9-10(6-7-16-9)17(14,15)13-11(2,3)4/h6-7,12-13H,5,8H2,1-4H3. The van der Waals surface area contributed by atoms with Gasteiger partial charge < -0.3 is 5.32 Å². The van der Waals surface area contributed by atoms with E-state index >= 15 is 0 Å². The first-order valence-corrected chi connectivity index (χ1v) is 7.93. The van der Waals surface area contributed by atoms with Crippen LogP contribution in [0.1, 0.15) is 32.6 Å². The van der Waals surface area contributed by atoms with Crippen LogP contribution in [0.25, 0.3) is 0 Å². The highest BCUT2D eigenvalue weighted by molar-refractivity contribution is 7.89. The van der Waals surface area contributed by atoms with Crippen LogP contribution in [0.4, 0.5) is 0 Å². The molecule has 1 aromatic rings. The van der Waals surface area contributed by atoms with Crippen molar-refractivity contribution in [2.45, 2.75) is 44.7 Å². The zero-order valence-corrected chi connectivity index (χ0v) is 12.3. The van der Waals surface area contributed by atoms with E-state index in [1.54, 1.807) is 6.07 Å². The summed E-state index contributed by atoms with van der Waals surface area (Å²) >= 11 is 1.46. The van der Waals surface area contributed by atoms with E-state index in [1.165, 1.54) is 11.3 Å². The summed E-state index contributed by atoms with van der Waals surface area (Å²) in [7, 11) is -3.42. The largest absolute Gasteiger partial charge is 0.312 e. The Balaban J connectivity index is 2.95. The highest BCUT2D eigenvalue weighted by atomic mass is 32.2. The van der Waals surface area contributed by atoms with Crippen LogP contribution in [0.15, 0.2) is 16.3 Å². The number of nitrogens with one attached hydrogen (secondary N) is 2. The first kappa shape index (κ1) is 14.6. The smallest absolute Gasteiger partial charge is 0.242 e. The normalized spacial score (nSPS) is 12.9. The Morgan fingerprint density at radius 2 is 2.00 bits per heavy atom. The second-order valence-corrected chi connectivity index (χ2v) is 7.50. The fourth-order valence-corrected chi connectivity index (χ4v) is 4.23. The minimum Gasteiger partial charge on any atom is -0.312 e. The van der Waals surface area contributed by atoms with Gasteiger partial charge in [0, 0.05) is 17.0 Å². The molecule has 0 radical (unpaired) electrons. The summed E-state index contributed by atoms with van der Waals surface area (Å²) < 4.78 is 27.0. The molecule has 0 aliphatic carbocycles. The van der Waals surface area contributed by atoms with Gasteiger partial charge in [0.1, 0.15) is 0 Å². The van der Waals surface area contributed by atoms with Crippen LogP contribution in [0.3, 0.4) is 0 Å². The minimum atomic E-state index is -3.42. The van der Waals surface area contributed by atoms with Gasteiger partial charge in [0.2, 0.25) is 10.0 Å². The van der Waals surface area contributed by atoms with Crippen molar-refractivity contribution in [1.29, 1.82) is 0 Å². The van der Waals surface area contributed by atoms with Gasteiger partial charge in [-0.15, -0.1) is 11.3 Å². The molecule has 98 valence electrons. The van der Waals surface area contributed by atoms with Gasteiger partial charge >= 0.3 is 0 Å². The Kier molecular flexibility index (Phi) is 4.71. The van der Waals surface area contributed by atoms with Gasteiger partial charge in [-0.1, -0.05) is 6.92 Å². The predicted octanol–water partition coefficient (Wildman–Crippen LogP) is 1.93. The lowest BCUT2D eigenvalue weighted by molar-refractivity contribution is 0.491. The molecular formula is C11H20N2O2S2. The molecule has 0 fully saturated rings. The summed E-state index contributed by atoms with van der Waals surface area (Å²) in [6.45, 7) is 8.91. The van der Waals surface area contributed by atoms with Crippen LogP contribution in [-0.2, 0) is 16.6 Å². The maximum Gasteiger partial charge on any atom is 0.242 e. The SMILES string of the molecule is CCNCc1sccc1S(=O)(=O)NC(C)(C)C. The second-order valence-electron chi connectivity index (χ2n) is 4.84. The molecule has 0 aromatic carbocycles. The molecule has 0 saturated heterocycles. The Morgan fingerprint density at radius 1 is 1.35 bits per heavy atom. The highest BCUT2D eigenvalue weighted by Gasteiger charge is 2.24. The molecule has 0 spiro atoms. The van der Waals surface area contributed by atoms with Crippen molar-refractivity contribution in [3.05, 3.63) is 16.3 Å². The molecule has 0 bridgehead atoms. The Bertz CT molecular complexity index is 458.